The molecule has 0 aliphatic carbocycles. The minimum Gasteiger partial charge on any atom is -0.475 e. The minimum atomic E-state index is -5.08. The van der Waals surface area contributed by atoms with E-state index in [1.165, 1.54) is 12.1 Å². The molecule has 2 atom stereocenters. The van der Waals surface area contributed by atoms with Crippen LogP contribution in [0.3, 0.4) is 0 Å². The second kappa shape index (κ2) is 14.4. The van der Waals surface area contributed by atoms with Crippen molar-refractivity contribution in [1.82, 2.24) is 14.9 Å². The maximum absolute atomic E-state index is 12.7. The zero-order valence-corrected chi connectivity index (χ0v) is 22.5. The molecule has 0 unspecified atom stereocenters. The molecule has 1 aliphatic heterocycles. The number of halogens is 3. The first-order valence-electron chi connectivity index (χ1n) is 11.0. The summed E-state index contributed by atoms with van der Waals surface area (Å²) in [5, 5.41) is 27.9. The van der Waals surface area contributed by atoms with E-state index in [0.29, 0.717) is 25.1 Å². The van der Waals surface area contributed by atoms with Crippen molar-refractivity contribution in [2.45, 2.75) is 37.5 Å². The first-order chi connectivity index (χ1) is 17.9. The van der Waals surface area contributed by atoms with E-state index in [1.807, 2.05) is 6.07 Å². The number of carboxylic acids is 1. The number of nitro groups is 1. The van der Waals surface area contributed by atoms with E-state index in [-0.39, 0.29) is 44.5 Å². The molecule has 0 saturated carbocycles. The summed E-state index contributed by atoms with van der Waals surface area (Å²) in [4.78, 5) is 40.5. The number of nitriles is 1. The van der Waals surface area contributed by atoms with Crippen LogP contribution in [0.4, 0.5) is 18.9 Å². The van der Waals surface area contributed by atoms with E-state index in [0.717, 1.165) is 29.1 Å². The van der Waals surface area contributed by atoms with Gasteiger partial charge in [-0.3, -0.25) is 14.9 Å². The average Bonchev–Trinajstić information content (AvgIpc) is 3.50. The predicted molar refractivity (Wildman–Crippen MR) is 146 cm³/mol. The Labute approximate surface area is 239 Å². The number of aromatic nitrogens is 2. The van der Waals surface area contributed by atoms with Crippen molar-refractivity contribution in [2.75, 3.05) is 6.54 Å². The number of amides is 1. The number of likely N-dealkylation sites (tertiary alicyclic amines) is 1. The highest BCUT2D eigenvalue weighted by Gasteiger charge is 2.38. The summed E-state index contributed by atoms with van der Waals surface area (Å²) in [6.07, 6.45) is -0.349. The lowest BCUT2D eigenvalue weighted by Crippen LogP contribution is -2.46. The topological polar surface area (TPSA) is 188 Å². The van der Waals surface area contributed by atoms with Crippen molar-refractivity contribution >= 4 is 55.5 Å². The number of benzene rings is 1. The van der Waals surface area contributed by atoms with Gasteiger partial charge >= 0.3 is 12.1 Å². The van der Waals surface area contributed by atoms with Gasteiger partial charge in [-0.15, -0.1) is 0 Å². The summed E-state index contributed by atoms with van der Waals surface area (Å²) < 4.78 is 37.5. The molecular formula is C23H25F3N6O6S2. The number of fused-ring (bicyclic) bond motifs is 1. The summed E-state index contributed by atoms with van der Waals surface area (Å²) in [6.45, 7) is 0.554. The van der Waals surface area contributed by atoms with Crippen molar-refractivity contribution in [3.05, 3.63) is 58.4 Å². The smallest absolute Gasteiger partial charge is 0.475 e. The van der Waals surface area contributed by atoms with Crippen LogP contribution in [0.1, 0.15) is 18.4 Å². The molecule has 1 saturated heterocycles. The number of aliphatic carboxylic acids is 1. The highest BCUT2D eigenvalue weighted by Crippen LogP contribution is 2.28. The summed E-state index contributed by atoms with van der Waals surface area (Å²) in [7, 11) is 0. The SMILES string of the molecule is N#C[C@@H]1CCCN1C(=O)[C@@H](N)Cc1c[nH]c2ccc(Oc3ccc([N+](=O)[O-])cn3)cc12.O=C(O)C(F)(F)F.S.S. The number of pyridine rings is 1. The minimum absolute atomic E-state index is 0. The van der Waals surface area contributed by atoms with Crippen LogP contribution < -0.4 is 10.5 Å². The van der Waals surface area contributed by atoms with Crippen molar-refractivity contribution in [2.24, 2.45) is 5.73 Å². The van der Waals surface area contributed by atoms with Crippen LogP contribution in [0.15, 0.2) is 42.7 Å². The molecular weight excluding hydrogens is 577 g/mol. The molecule has 1 amide bonds. The number of nitrogens with zero attached hydrogens (tertiary/aromatic N) is 4. The fourth-order valence-corrected chi connectivity index (χ4v) is 3.75. The molecule has 216 valence electrons. The molecule has 4 rings (SSSR count). The fourth-order valence-electron chi connectivity index (χ4n) is 3.75. The van der Waals surface area contributed by atoms with Crippen LogP contribution in [-0.2, 0) is 16.0 Å². The van der Waals surface area contributed by atoms with Gasteiger partial charge in [0.05, 0.1) is 17.0 Å². The second-order valence-corrected chi connectivity index (χ2v) is 8.17. The van der Waals surface area contributed by atoms with Crippen LogP contribution in [0, 0.1) is 21.4 Å². The van der Waals surface area contributed by atoms with E-state index < -0.39 is 29.2 Å². The van der Waals surface area contributed by atoms with Crippen molar-refractivity contribution in [3.63, 3.8) is 0 Å². The van der Waals surface area contributed by atoms with Crippen LogP contribution in [0.2, 0.25) is 0 Å². The maximum Gasteiger partial charge on any atom is 0.490 e. The standard InChI is InChI=1S/C21H20N6O4.C2HF3O2.2H2S/c22-10-14-2-1-7-26(14)21(28)18(23)8-13-11-24-19-5-4-16(9-17(13)19)31-20-6-3-15(12-25-20)27(29)30;3-2(4,5)1(6)7;;/h3-6,9,11-12,14,18,24H,1-2,7-8,23H2;(H,6,7);2*1H2/t14-,18-;;;/m0.../s1. The number of rotatable bonds is 6. The summed E-state index contributed by atoms with van der Waals surface area (Å²) in [5.74, 6) is -2.25. The van der Waals surface area contributed by atoms with Gasteiger partial charge in [-0.05, 0) is 43.0 Å². The molecule has 0 bridgehead atoms. The lowest BCUT2D eigenvalue weighted by atomic mass is 10.0. The fraction of sp³-hybridized carbons (Fsp3) is 0.304. The third kappa shape index (κ3) is 8.49. The highest BCUT2D eigenvalue weighted by molar-refractivity contribution is 7.59. The molecule has 2 aromatic heterocycles. The van der Waals surface area contributed by atoms with E-state index >= 15 is 0 Å². The Morgan fingerprint density at radius 2 is 2.00 bits per heavy atom. The Kier molecular flexibility index (Phi) is 12.2. The van der Waals surface area contributed by atoms with Gasteiger partial charge in [-0.1, -0.05) is 0 Å². The van der Waals surface area contributed by atoms with Gasteiger partial charge < -0.3 is 25.5 Å². The van der Waals surface area contributed by atoms with E-state index in [9.17, 15) is 33.3 Å². The number of hydrogen-bond donors (Lipinski definition) is 3. The molecule has 1 aromatic carbocycles. The van der Waals surface area contributed by atoms with Crippen LogP contribution in [0.25, 0.3) is 10.9 Å². The molecule has 40 heavy (non-hydrogen) atoms. The monoisotopic (exact) mass is 602 g/mol. The van der Waals surface area contributed by atoms with Gasteiger partial charge in [0.25, 0.3) is 5.69 Å². The van der Waals surface area contributed by atoms with Gasteiger partial charge in [-0.25, -0.2) is 9.78 Å². The summed E-state index contributed by atoms with van der Waals surface area (Å²) in [6, 6.07) is 9.13. The number of aromatic amines is 1. The molecule has 1 fully saturated rings. The molecule has 3 heterocycles. The average molecular weight is 603 g/mol. The van der Waals surface area contributed by atoms with E-state index in [1.54, 1.807) is 23.2 Å². The molecule has 17 heteroatoms. The largest absolute Gasteiger partial charge is 0.490 e. The lowest BCUT2D eigenvalue weighted by molar-refractivity contribution is -0.385. The zero-order chi connectivity index (χ0) is 28.0. The van der Waals surface area contributed by atoms with Crippen molar-refractivity contribution < 1.29 is 37.5 Å². The normalized spacial score (nSPS) is 15.0. The number of ether oxygens (including phenoxy) is 1. The first kappa shape index (κ1) is 34.0. The molecule has 12 nitrogen and oxygen atoms in total. The van der Waals surface area contributed by atoms with Gasteiger partial charge in [0.15, 0.2) is 0 Å². The van der Waals surface area contributed by atoms with Gasteiger partial charge in [0, 0.05) is 35.8 Å². The third-order valence-electron chi connectivity index (χ3n) is 5.58. The number of H-pyrrole nitrogens is 1. The Bertz CT molecular complexity index is 1380. The van der Waals surface area contributed by atoms with E-state index in [2.05, 4.69) is 16.0 Å². The molecule has 4 N–H and O–H groups in total. The Morgan fingerprint density at radius 1 is 1.32 bits per heavy atom. The third-order valence-corrected chi connectivity index (χ3v) is 5.58. The molecule has 0 spiro atoms. The Morgan fingerprint density at radius 3 is 2.55 bits per heavy atom. The summed E-state index contributed by atoms with van der Waals surface area (Å²) in [5.41, 5.74) is 7.77. The molecule has 3 aromatic rings. The molecule has 1 aliphatic rings. The Hall–Kier alpha value is -4.01. The van der Waals surface area contributed by atoms with Gasteiger partial charge in [0.2, 0.25) is 11.8 Å². The van der Waals surface area contributed by atoms with Crippen LogP contribution >= 0.6 is 27.0 Å². The quantitative estimate of drug-likeness (QED) is 0.280. The van der Waals surface area contributed by atoms with Crippen LogP contribution in [0.5, 0.6) is 11.6 Å². The predicted octanol–water partition coefficient (Wildman–Crippen LogP) is 3.51. The van der Waals surface area contributed by atoms with E-state index in [4.69, 9.17) is 20.4 Å². The van der Waals surface area contributed by atoms with Crippen molar-refractivity contribution in [1.29, 1.82) is 5.26 Å². The lowest BCUT2D eigenvalue weighted by Gasteiger charge is -2.23. The number of hydrogen-bond acceptors (Lipinski definition) is 8. The molecule has 0 radical (unpaired) electrons. The van der Waals surface area contributed by atoms with Crippen LogP contribution in [-0.4, -0.2) is 61.6 Å². The van der Waals surface area contributed by atoms with Gasteiger partial charge in [-0.2, -0.15) is 45.4 Å². The summed E-state index contributed by atoms with van der Waals surface area (Å²) >= 11 is 0. The zero-order valence-electron chi connectivity index (χ0n) is 20.5. The number of carbonyl (C=O) groups excluding carboxylic acids is 1. The second-order valence-electron chi connectivity index (χ2n) is 8.17. The number of nitrogens with one attached hydrogen (secondary N) is 1. The van der Waals surface area contributed by atoms with Crippen molar-refractivity contribution in [3.8, 4) is 17.7 Å². The first-order valence-corrected chi connectivity index (χ1v) is 11.0. The Balaban J connectivity index is 0.000000792. The number of alkyl halides is 3. The number of carboxylic acid groups (broad SMARTS) is 1. The van der Waals surface area contributed by atoms with Gasteiger partial charge in [0.1, 0.15) is 18.0 Å². The number of carbonyl (C=O) groups is 2. The maximum atomic E-state index is 12.7. The number of nitrogens with two attached hydrogens (primary N) is 1. The highest BCUT2D eigenvalue weighted by atomic mass is 32.1.